The lowest BCUT2D eigenvalue weighted by Gasteiger charge is -2.45. The predicted octanol–water partition coefficient (Wildman–Crippen LogP) is 2.47. The van der Waals surface area contributed by atoms with E-state index in [1.165, 1.54) is 12.8 Å². The average Bonchev–Trinajstić information content (AvgIpc) is 3.37. The van der Waals surface area contributed by atoms with Crippen molar-refractivity contribution in [3.63, 3.8) is 0 Å². The second-order valence-electron chi connectivity index (χ2n) is 8.20. The first-order valence-corrected chi connectivity index (χ1v) is 9.83. The van der Waals surface area contributed by atoms with E-state index in [2.05, 4.69) is 48.2 Å². The molecule has 2 unspecified atom stereocenters. The van der Waals surface area contributed by atoms with Crippen LogP contribution in [0.4, 0.5) is 0 Å². The molecule has 1 aliphatic carbocycles. The second kappa shape index (κ2) is 11.7. The SMILES string of the molecule is CN=C(NCCCOCC1CC1)NCC(C)(C)N1CC(C)OC(C)C1.I. The molecule has 1 aliphatic heterocycles. The number of hydrogen-bond acceptors (Lipinski definition) is 4. The molecule has 0 aromatic rings. The third kappa shape index (κ3) is 8.71. The van der Waals surface area contributed by atoms with Gasteiger partial charge in [0.1, 0.15) is 0 Å². The highest BCUT2D eigenvalue weighted by atomic mass is 127. The van der Waals surface area contributed by atoms with Crippen LogP contribution < -0.4 is 10.6 Å². The lowest BCUT2D eigenvalue weighted by atomic mass is 10.00. The lowest BCUT2D eigenvalue weighted by Crippen LogP contribution is -2.59. The zero-order valence-corrected chi connectivity index (χ0v) is 19.5. The number of nitrogens with zero attached hydrogens (tertiary/aromatic N) is 2. The number of aliphatic imine (C=N–C) groups is 1. The van der Waals surface area contributed by atoms with E-state index in [-0.39, 0.29) is 41.7 Å². The van der Waals surface area contributed by atoms with Crippen LogP contribution in [0.3, 0.4) is 0 Å². The van der Waals surface area contributed by atoms with Crippen molar-refractivity contribution in [2.24, 2.45) is 10.9 Å². The minimum atomic E-state index is 0. The second-order valence-corrected chi connectivity index (χ2v) is 8.20. The highest BCUT2D eigenvalue weighted by Crippen LogP contribution is 2.28. The van der Waals surface area contributed by atoms with Gasteiger partial charge in [-0.05, 0) is 52.9 Å². The van der Waals surface area contributed by atoms with Gasteiger partial charge in [-0.2, -0.15) is 0 Å². The van der Waals surface area contributed by atoms with Crippen molar-refractivity contribution in [3.05, 3.63) is 0 Å². The Labute approximate surface area is 176 Å². The molecule has 0 amide bonds. The maximum absolute atomic E-state index is 5.85. The van der Waals surface area contributed by atoms with Gasteiger partial charge in [-0.1, -0.05) is 0 Å². The van der Waals surface area contributed by atoms with Gasteiger partial charge in [0.2, 0.25) is 0 Å². The quantitative estimate of drug-likeness (QED) is 0.229. The first-order chi connectivity index (χ1) is 11.9. The van der Waals surface area contributed by atoms with Crippen molar-refractivity contribution in [1.29, 1.82) is 0 Å². The standard InChI is InChI=1S/C19H38N4O2.HI/c1-15-11-23(12-16(2)25-15)19(3,4)14-22-18(20-5)21-9-6-10-24-13-17-7-8-17;/h15-17H,6-14H2,1-5H3,(H2,20,21,22);1H. The van der Waals surface area contributed by atoms with Crippen LogP contribution in [0, 0.1) is 5.92 Å². The molecule has 0 spiro atoms. The lowest BCUT2D eigenvalue weighted by molar-refractivity contribution is -0.0946. The van der Waals surface area contributed by atoms with Gasteiger partial charge in [0.25, 0.3) is 0 Å². The van der Waals surface area contributed by atoms with Crippen LogP contribution in [0.1, 0.15) is 47.0 Å². The summed E-state index contributed by atoms with van der Waals surface area (Å²) in [4.78, 5) is 6.84. The van der Waals surface area contributed by atoms with Crippen LogP contribution >= 0.6 is 24.0 Å². The number of hydrogen-bond donors (Lipinski definition) is 2. The number of halogens is 1. The molecule has 0 aromatic carbocycles. The first-order valence-electron chi connectivity index (χ1n) is 9.83. The Morgan fingerprint density at radius 2 is 1.85 bits per heavy atom. The Morgan fingerprint density at radius 1 is 1.19 bits per heavy atom. The third-order valence-electron chi connectivity index (χ3n) is 5.00. The largest absolute Gasteiger partial charge is 0.381 e. The summed E-state index contributed by atoms with van der Waals surface area (Å²) in [6.45, 7) is 14.3. The molecule has 2 fully saturated rings. The normalized spacial score (nSPS) is 24.9. The maximum Gasteiger partial charge on any atom is 0.191 e. The fourth-order valence-corrected chi connectivity index (χ4v) is 3.22. The van der Waals surface area contributed by atoms with Crippen molar-refractivity contribution in [2.45, 2.75) is 64.7 Å². The fraction of sp³-hybridized carbons (Fsp3) is 0.947. The van der Waals surface area contributed by atoms with Crippen molar-refractivity contribution in [2.75, 3.05) is 46.4 Å². The fourth-order valence-electron chi connectivity index (χ4n) is 3.22. The molecule has 1 saturated carbocycles. The molecular weight excluding hydrogens is 443 g/mol. The molecule has 7 heteroatoms. The van der Waals surface area contributed by atoms with Crippen LogP contribution in [-0.2, 0) is 9.47 Å². The van der Waals surface area contributed by atoms with Gasteiger partial charge < -0.3 is 20.1 Å². The molecule has 0 radical (unpaired) electrons. The number of ether oxygens (including phenoxy) is 2. The van der Waals surface area contributed by atoms with Crippen LogP contribution in [-0.4, -0.2) is 75.0 Å². The monoisotopic (exact) mass is 482 g/mol. The minimum absolute atomic E-state index is 0. The van der Waals surface area contributed by atoms with Crippen molar-refractivity contribution < 1.29 is 9.47 Å². The van der Waals surface area contributed by atoms with E-state index in [0.717, 1.165) is 57.7 Å². The number of rotatable bonds is 9. The highest BCUT2D eigenvalue weighted by molar-refractivity contribution is 14.0. The molecule has 0 aromatic heterocycles. The number of nitrogens with one attached hydrogen (secondary N) is 2. The molecule has 2 aliphatic rings. The molecule has 2 atom stereocenters. The van der Waals surface area contributed by atoms with E-state index in [9.17, 15) is 0 Å². The van der Waals surface area contributed by atoms with E-state index >= 15 is 0 Å². The van der Waals surface area contributed by atoms with E-state index in [1.807, 2.05) is 7.05 Å². The molecule has 0 bridgehead atoms. The summed E-state index contributed by atoms with van der Waals surface area (Å²) in [5, 5.41) is 6.85. The van der Waals surface area contributed by atoms with Crippen molar-refractivity contribution in [3.8, 4) is 0 Å². The van der Waals surface area contributed by atoms with Crippen molar-refractivity contribution in [1.82, 2.24) is 15.5 Å². The van der Waals surface area contributed by atoms with Gasteiger partial charge in [0, 0.05) is 52.0 Å². The van der Waals surface area contributed by atoms with Crippen LogP contribution in [0.25, 0.3) is 0 Å². The molecule has 154 valence electrons. The summed E-state index contributed by atoms with van der Waals surface area (Å²) in [6, 6.07) is 0. The van der Waals surface area contributed by atoms with Crippen LogP contribution in [0.5, 0.6) is 0 Å². The molecule has 26 heavy (non-hydrogen) atoms. The van der Waals surface area contributed by atoms with E-state index in [1.54, 1.807) is 0 Å². The van der Waals surface area contributed by atoms with Gasteiger partial charge in [-0.25, -0.2) is 0 Å². The molecular formula is C19H39IN4O2. The van der Waals surface area contributed by atoms with E-state index < -0.39 is 0 Å². The minimum Gasteiger partial charge on any atom is -0.381 e. The highest BCUT2D eigenvalue weighted by Gasteiger charge is 2.33. The maximum atomic E-state index is 5.85. The van der Waals surface area contributed by atoms with Gasteiger partial charge in [-0.3, -0.25) is 9.89 Å². The Hall–Kier alpha value is -0.120. The zero-order valence-electron chi connectivity index (χ0n) is 17.2. The summed E-state index contributed by atoms with van der Waals surface area (Å²) in [6.07, 6.45) is 4.29. The molecule has 2 N–H and O–H groups in total. The van der Waals surface area contributed by atoms with Gasteiger partial charge in [0.05, 0.1) is 12.2 Å². The molecule has 6 nitrogen and oxygen atoms in total. The van der Waals surface area contributed by atoms with Crippen LogP contribution in [0.15, 0.2) is 4.99 Å². The van der Waals surface area contributed by atoms with Gasteiger partial charge in [-0.15, -0.1) is 24.0 Å². The molecule has 2 rings (SSSR count). The summed E-state index contributed by atoms with van der Waals surface area (Å²) in [5.41, 5.74) is 0.0529. The van der Waals surface area contributed by atoms with Crippen LogP contribution in [0.2, 0.25) is 0 Å². The topological polar surface area (TPSA) is 58.1 Å². The average molecular weight is 482 g/mol. The van der Waals surface area contributed by atoms with E-state index in [0.29, 0.717) is 0 Å². The third-order valence-corrected chi connectivity index (χ3v) is 5.00. The Balaban J connectivity index is 0.00000338. The Bertz CT molecular complexity index is 420. The summed E-state index contributed by atoms with van der Waals surface area (Å²) >= 11 is 0. The Kier molecular flexibility index (Phi) is 10.7. The molecule has 1 saturated heterocycles. The first kappa shape index (κ1) is 23.9. The summed E-state index contributed by atoms with van der Waals surface area (Å²) in [7, 11) is 1.82. The van der Waals surface area contributed by atoms with Gasteiger partial charge >= 0.3 is 0 Å². The smallest absolute Gasteiger partial charge is 0.191 e. The summed E-state index contributed by atoms with van der Waals surface area (Å²) < 4.78 is 11.5. The zero-order chi connectivity index (χ0) is 18.3. The Morgan fingerprint density at radius 3 is 2.42 bits per heavy atom. The summed E-state index contributed by atoms with van der Waals surface area (Å²) in [5.74, 6) is 1.71. The number of morpholine rings is 1. The predicted molar refractivity (Wildman–Crippen MR) is 119 cm³/mol. The number of guanidine groups is 1. The van der Waals surface area contributed by atoms with Crippen molar-refractivity contribution >= 4 is 29.9 Å². The van der Waals surface area contributed by atoms with Gasteiger partial charge in [0.15, 0.2) is 5.96 Å². The van der Waals surface area contributed by atoms with E-state index in [4.69, 9.17) is 9.47 Å². The molecule has 1 heterocycles.